The fourth-order valence-electron chi connectivity index (χ4n) is 3.54. The van der Waals surface area contributed by atoms with Crippen molar-refractivity contribution in [2.24, 2.45) is 0 Å². The molecule has 34 heavy (non-hydrogen) atoms. The summed E-state index contributed by atoms with van der Waals surface area (Å²) in [5.41, 5.74) is 4.36. The lowest BCUT2D eigenvalue weighted by Crippen LogP contribution is -2.24. The average molecular weight is 463 g/mol. The van der Waals surface area contributed by atoms with Crippen molar-refractivity contribution < 1.29 is 23.2 Å². The van der Waals surface area contributed by atoms with Crippen LogP contribution in [-0.4, -0.2) is 28.9 Å². The van der Waals surface area contributed by atoms with Crippen LogP contribution in [0.2, 0.25) is 0 Å². The number of oxazole rings is 1. The van der Waals surface area contributed by atoms with Gasteiger partial charge in [0, 0.05) is 24.1 Å². The number of furan rings is 1. The van der Waals surface area contributed by atoms with Crippen molar-refractivity contribution in [3.05, 3.63) is 82.4 Å². The number of hydrogen-bond donors (Lipinski definition) is 3. The maximum Gasteiger partial charge on any atom is 0.291 e. The molecule has 0 saturated heterocycles. The zero-order valence-corrected chi connectivity index (χ0v) is 19.4. The normalized spacial score (nSPS) is 10.9. The maximum absolute atomic E-state index is 12.5. The number of anilines is 1. The molecule has 0 atom stereocenters. The second-order valence-corrected chi connectivity index (χ2v) is 7.95. The molecule has 4 aromatic rings. The number of nitrogens with one attached hydrogen (secondary N) is 3. The molecule has 1 aromatic carbocycles. The molecule has 9 nitrogen and oxygen atoms in total. The third-order valence-corrected chi connectivity index (χ3v) is 5.25. The number of aromatic nitrogens is 2. The van der Waals surface area contributed by atoms with Crippen molar-refractivity contribution in [2.75, 3.05) is 12.4 Å². The SMILES string of the molecule is COCc1ccc(C(=O)Nc2ccc(-c3nc(CNC(=O)c4[nH]c(C)cc4C)c(C)o3)cc2)o1. The molecule has 3 N–H and O–H groups in total. The maximum atomic E-state index is 12.5. The van der Waals surface area contributed by atoms with Gasteiger partial charge in [0.25, 0.3) is 11.8 Å². The number of aromatic amines is 1. The molecule has 0 bridgehead atoms. The monoisotopic (exact) mass is 462 g/mol. The first-order chi connectivity index (χ1) is 16.3. The fraction of sp³-hybridized carbons (Fsp3) is 0.240. The van der Waals surface area contributed by atoms with Crippen molar-refractivity contribution in [3.8, 4) is 11.5 Å². The number of ether oxygens (including phenoxy) is 1. The van der Waals surface area contributed by atoms with Gasteiger partial charge < -0.3 is 29.2 Å². The summed E-state index contributed by atoms with van der Waals surface area (Å²) in [6.45, 7) is 6.14. The highest BCUT2D eigenvalue weighted by molar-refractivity contribution is 6.02. The van der Waals surface area contributed by atoms with Crippen LogP contribution in [0.1, 0.15) is 49.5 Å². The van der Waals surface area contributed by atoms with Crippen LogP contribution in [0.5, 0.6) is 0 Å². The van der Waals surface area contributed by atoms with E-state index in [0.29, 0.717) is 41.1 Å². The van der Waals surface area contributed by atoms with Gasteiger partial charge in [0.15, 0.2) is 5.76 Å². The van der Waals surface area contributed by atoms with Crippen molar-refractivity contribution in [1.29, 1.82) is 0 Å². The van der Waals surface area contributed by atoms with E-state index in [1.54, 1.807) is 50.4 Å². The van der Waals surface area contributed by atoms with Crippen LogP contribution < -0.4 is 10.6 Å². The van der Waals surface area contributed by atoms with E-state index in [4.69, 9.17) is 13.6 Å². The van der Waals surface area contributed by atoms with Gasteiger partial charge in [-0.2, -0.15) is 0 Å². The molecule has 4 rings (SSSR count). The van der Waals surface area contributed by atoms with Crippen LogP contribution in [0.15, 0.2) is 51.3 Å². The Hall–Kier alpha value is -4.11. The fourth-order valence-corrected chi connectivity index (χ4v) is 3.54. The highest BCUT2D eigenvalue weighted by Crippen LogP contribution is 2.24. The average Bonchev–Trinajstić information content (AvgIpc) is 3.51. The predicted molar refractivity (Wildman–Crippen MR) is 125 cm³/mol. The molecule has 0 aliphatic rings. The van der Waals surface area contributed by atoms with Crippen molar-refractivity contribution >= 4 is 17.5 Å². The van der Waals surface area contributed by atoms with Gasteiger partial charge >= 0.3 is 0 Å². The summed E-state index contributed by atoms with van der Waals surface area (Å²) in [7, 11) is 1.56. The summed E-state index contributed by atoms with van der Waals surface area (Å²) < 4.78 is 16.2. The molecule has 0 radical (unpaired) electrons. The number of carbonyl (C=O) groups is 2. The lowest BCUT2D eigenvalue weighted by atomic mass is 10.2. The molecule has 0 spiro atoms. The van der Waals surface area contributed by atoms with E-state index in [1.807, 2.05) is 19.9 Å². The van der Waals surface area contributed by atoms with E-state index < -0.39 is 0 Å². The summed E-state index contributed by atoms with van der Waals surface area (Å²) in [4.78, 5) is 32.4. The topological polar surface area (TPSA) is 122 Å². The number of rotatable bonds is 8. The van der Waals surface area contributed by atoms with Crippen molar-refractivity contribution in [2.45, 2.75) is 33.9 Å². The van der Waals surface area contributed by atoms with Crippen molar-refractivity contribution in [1.82, 2.24) is 15.3 Å². The van der Waals surface area contributed by atoms with Crippen LogP contribution in [-0.2, 0) is 17.9 Å². The first kappa shape index (κ1) is 23.1. The van der Waals surface area contributed by atoms with Gasteiger partial charge in [-0.3, -0.25) is 9.59 Å². The Morgan fingerprint density at radius 3 is 2.47 bits per heavy atom. The van der Waals surface area contributed by atoms with E-state index in [1.165, 1.54) is 0 Å². The Morgan fingerprint density at radius 2 is 1.79 bits per heavy atom. The zero-order valence-electron chi connectivity index (χ0n) is 19.4. The Bertz CT molecular complexity index is 1310. The van der Waals surface area contributed by atoms with Crippen LogP contribution >= 0.6 is 0 Å². The molecule has 9 heteroatoms. The minimum absolute atomic E-state index is 0.194. The second kappa shape index (κ2) is 9.80. The van der Waals surface area contributed by atoms with Crippen molar-refractivity contribution in [3.63, 3.8) is 0 Å². The molecule has 0 fully saturated rings. The first-order valence-electron chi connectivity index (χ1n) is 10.7. The summed E-state index contributed by atoms with van der Waals surface area (Å²) in [6.07, 6.45) is 0. The summed E-state index contributed by atoms with van der Waals surface area (Å²) in [5.74, 6) is 1.29. The number of methoxy groups -OCH3 is 1. The minimum atomic E-state index is -0.354. The lowest BCUT2D eigenvalue weighted by molar-refractivity contribution is 0.0944. The Labute approximate surface area is 196 Å². The Morgan fingerprint density at radius 1 is 1.03 bits per heavy atom. The number of hydrogen-bond acceptors (Lipinski definition) is 6. The summed E-state index contributed by atoms with van der Waals surface area (Å²) >= 11 is 0. The molecule has 3 aromatic heterocycles. The van der Waals surface area contributed by atoms with Gasteiger partial charge in [0.05, 0.1) is 6.54 Å². The number of amides is 2. The second-order valence-electron chi connectivity index (χ2n) is 7.95. The first-order valence-corrected chi connectivity index (χ1v) is 10.7. The van der Waals surface area contributed by atoms with Gasteiger partial charge in [0.2, 0.25) is 5.89 Å². The molecule has 0 aliphatic heterocycles. The zero-order chi connectivity index (χ0) is 24.2. The number of nitrogens with zero attached hydrogens (tertiary/aromatic N) is 1. The van der Waals surface area contributed by atoms with Crippen LogP contribution in [0.25, 0.3) is 11.5 Å². The quantitative estimate of drug-likeness (QED) is 0.354. The van der Waals surface area contributed by atoms with E-state index in [-0.39, 0.29) is 24.1 Å². The molecule has 2 amide bonds. The van der Waals surface area contributed by atoms with Crippen LogP contribution in [0, 0.1) is 20.8 Å². The number of H-pyrrole nitrogens is 1. The smallest absolute Gasteiger partial charge is 0.291 e. The molecule has 0 aliphatic carbocycles. The van der Waals surface area contributed by atoms with Gasteiger partial charge in [-0.1, -0.05) is 0 Å². The molecule has 176 valence electrons. The molecular formula is C25H26N4O5. The summed E-state index contributed by atoms with van der Waals surface area (Å²) in [6, 6.07) is 12.3. The molecule has 0 saturated carbocycles. The third kappa shape index (κ3) is 5.10. The standard InChI is InChI=1S/C25H26N4O5/c1-14-11-15(2)27-22(14)24(31)26-12-20-16(3)33-25(29-20)17-5-7-18(8-6-17)28-23(30)21-10-9-19(34-21)13-32-4/h5-11,27H,12-13H2,1-4H3,(H,26,31)(H,28,30). The van der Waals surface area contributed by atoms with Gasteiger partial charge in [-0.25, -0.2) is 4.98 Å². The van der Waals surface area contributed by atoms with E-state index in [0.717, 1.165) is 16.8 Å². The summed E-state index contributed by atoms with van der Waals surface area (Å²) in [5, 5.41) is 5.66. The number of benzene rings is 1. The van der Waals surface area contributed by atoms with Gasteiger partial charge in [-0.05, 0) is 68.8 Å². The molecule has 3 heterocycles. The number of carbonyl (C=O) groups excluding carboxylic acids is 2. The predicted octanol–water partition coefficient (Wildman–Crippen LogP) is 4.52. The highest BCUT2D eigenvalue weighted by atomic mass is 16.5. The number of aryl methyl sites for hydroxylation is 3. The van der Waals surface area contributed by atoms with Crippen LogP contribution in [0.4, 0.5) is 5.69 Å². The largest absolute Gasteiger partial charge is 0.453 e. The highest BCUT2D eigenvalue weighted by Gasteiger charge is 2.16. The Kier molecular flexibility index (Phi) is 6.65. The molecular weight excluding hydrogens is 436 g/mol. The molecule has 0 unspecified atom stereocenters. The van der Waals surface area contributed by atoms with E-state index >= 15 is 0 Å². The van der Waals surface area contributed by atoms with Gasteiger partial charge in [-0.15, -0.1) is 0 Å². The van der Waals surface area contributed by atoms with E-state index in [2.05, 4.69) is 20.6 Å². The Balaban J connectivity index is 1.39. The van der Waals surface area contributed by atoms with Gasteiger partial charge in [0.1, 0.15) is 29.5 Å². The van der Waals surface area contributed by atoms with E-state index in [9.17, 15) is 9.59 Å². The minimum Gasteiger partial charge on any atom is -0.453 e. The third-order valence-electron chi connectivity index (χ3n) is 5.25. The van der Waals surface area contributed by atoms with Crippen LogP contribution in [0.3, 0.4) is 0 Å². The lowest BCUT2D eigenvalue weighted by Gasteiger charge is -2.04.